The lowest BCUT2D eigenvalue weighted by Crippen LogP contribution is -2.15. The minimum atomic E-state index is -0.427. The van der Waals surface area contributed by atoms with Gasteiger partial charge in [-0.1, -0.05) is 24.8 Å². The van der Waals surface area contributed by atoms with E-state index in [2.05, 4.69) is 6.58 Å². The number of carbonyl (C=O) groups excluding carboxylic acids is 1. The van der Waals surface area contributed by atoms with Crippen molar-refractivity contribution < 1.29 is 19.4 Å². The number of carbonyl (C=O) groups is 1. The lowest BCUT2D eigenvalue weighted by Gasteiger charge is -2.19. The Bertz CT molecular complexity index is 643. The van der Waals surface area contributed by atoms with E-state index in [1.807, 2.05) is 37.3 Å². The van der Waals surface area contributed by atoms with Gasteiger partial charge in [0, 0.05) is 24.0 Å². The lowest BCUT2D eigenvalue weighted by molar-refractivity contribution is -0.142. The van der Waals surface area contributed by atoms with Crippen LogP contribution in [0, 0.1) is 0 Å². The molecule has 0 saturated heterocycles. The summed E-state index contributed by atoms with van der Waals surface area (Å²) in [5, 5.41) is 10.1. The molecule has 0 bridgehead atoms. The van der Waals surface area contributed by atoms with Crippen LogP contribution in [-0.2, 0) is 20.7 Å². The molecule has 2 unspecified atom stereocenters. The Hall–Kier alpha value is -2.49. The first-order valence-electron chi connectivity index (χ1n) is 7.60. The summed E-state index contributed by atoms with van der Waals surface area (Å²) in [6, 6.07) is 5.50. The van der Waals surface area contributed by atoms with Crippen LogP contribution in [0.4, 0.5) is 0 Å². The fraction of sp³-hybridized carbons (Fsp3) is 0.316. The molecule has 1 aliphatic carbocycles. The second-order valence-electron chi connectivity index (χ2n) is 5.56. The van der Waals surface area contributed by atoms with Gasteiger partial charge < -0.3 is 14.6 Å². The fourth-order valence-electron chi connectivity index (χ4n) is 2.63. The maximum Gasteiger partial charge on any atom is 0.330 e. The summed E-state index contributed by atoms with van der Waals surface area (Å²) in [6.45, 7) is 5.23. The molecule has 0 spiro atoms. The van der Waals surface area contributed by atoms with E-state index >= 15 is 0 Å². The Morgan fingerprint density at radius 2 is 2.30 bits per heavy atom. The molecule has 0 heterocycles. The highest BCUT2D eigenvalue weighted by molar-refractivity contribution is 5.81. The molecule has 4 nitrogen and oxygen atoms in total. The predicted molar refractivity (Wildman–Crippen MR) is 89.2 cm³/mol. The highest BCUT2D eigenvalue weighted by Crippen LogP contribution is 2.33. The van der Waals surface area contributed by atoms with E-state index in [4.69, 9.17) is 9.47 Å². The summed E-state index contributed by atoms with van der Waals surface area (Å²) in [5.74, 6) is 0.791. The zero-order chi connectivity index (χ0) is 16.8. The number of aromatic hydroxyl groups is 1. The molecular weight excluding hydrogens is 292 g/mol. The number of phenolic OH excluding ortho intramolecular Hbond substituents is 1. The van der Waals surface area contributed by atoms with Crippen molar-refractivity contribution >= 4 is 5.97 Å². The van der Waals surface area contributed by atoms with Crippen molar-refractivity contribution in [1.82, 2.24) is 0 Å². The van der Waals surface area contributed by atoms with E-state index in [0.717, 1.165) is 29.4 Å². The zero-order valence-corrected chi connectivity index (χ0v) is 13.5. The van der Waals surface area contributed by atoms with Crippen molar-refractivity contribution in [3.63, 3.8) is 0 Å². The number of methoxy groups -OCH3 is 1. The molecular formula is C19H22O4. The van der Waals surface area contributed by atoms with Gasteiger partial charge >= 0.3 is 5.97 Å². The first-order valence-corrected chi connectivity index (χ1v) is 7.60. The molecule has 122 valence electrons. The van der Waals surface area contributed by atoms with Gasteiger partial charge in [0.05, 0.1) is 7.11 Å². The summed E-state index contributed by atoms with van der Waals surface area (Å²) < 4.78 is 10.4. The fourth-order valence-corrected chi connectivity index (χ4v) is 2.63. The van der Waals surface area contributed by atoms with Crippen LogP contribution in [0.5, 0.6) is 5.75 Å². The molecule has 1 aromatic rings. The summed E-state index contributed by atoms with van der Waals surface area (Å²) in [6.07, 6.45) is 8.21. The second-order valence-corrected chi connectivity index (χ2v) is 5.56. The zero-order valence-electron chi connectivity index (χ0n) is 13.5. The van der Waals surface area contributed by atoms with Crippen molar-refractivity contribution in [2.45, 2.75) is 31.8 Å². The van der Waals surface area contributed by atoms with E-state index in [9.17, 15) is 9.90 Å². The van der Waals surface area contributed by atoms with Crippen LogP contribution in [0.25, 0.3) is 0 Å². The standard InChI is InChI=1S/C19H22O4/c1-4-19(21)23-13(2)11-14-5-10-18(20)17(12-14)15-6-8-16(22-3)9-7-15/h4-6,8-10,12-13,15,20H,1,7,11H2,2-3H3. The van der Waals surface area contributed by atoms with Gasteiger partial charge in [0.1, 0.15) is 17.6 Å². The van der Waals surface area contributed by atoms with Gasteiger partial charge in [-0.25, -0.2) is 4.79 Å². The Labute approximate surface area is 136 Å². The Morgan fingerprint density at radius 1 is 1.52 bits per heavy atom. The summed E-state index contributed by atoms with van der Waals surface area (Å²) in [4.78, 5) is 11.2. The van der Waals surface area contributed by atoms with Crippen molar-refractivity contribution in [3.05, 3.63) is 66.0 Å². The average Bonchev–Trinajstić information content (AvgIpc) is 2.56. The largest absolute Gasteiger partial charge is 0.508 e. The van der Waals surface area contributed by atoms with Gasteiger partial charge in [-0.15, -0.1) is 0 Å². The number of esters is 1. The van der Waals surface area contributed by atoms with Crippen LogP contribution >= 0.6 is 0 Å². The molecule has 2 rings (SSSR count). The number of benzene rings is 1. The molecule has 0 fully saturated rings. The molecule has 2 atom stereocenters. The maximum atomic E-state index is 11.2. The van der Waals surface area contributed by atoms with Gasteiger partial charge in [-0.05, 0) is 37.1 Å². The number of allylic oxidation sites excluding steroid dienone is 3. The van der Waals surface area contributed by atoms with E-state index in [1.54, 1.807) is 13.2 Å². The van der Waals surface area contributed by atoms with E-state index < -0.39 is 5.97 Å². The minimum Gasteiger partial charge on any atom is -0.508 e. The van der Waals surface area contributed by atoms with E-state index in [0.29, 0.717) is 6.42 Å². The number of ether oxygens (including phenoxy) is 2. The average molecular weight is 314 g/mol. The van der Waals surface area contributed by atoms with Gasteiger partial charge in [-0.2, -0.15) is 0 Å². The molecule has 23 heavy (non-hydrogen) atoms. The SMILES string of the molecule is C=CC(=O)OC(C)Cc1ccc(O)c(C2C=CC(OC)=CC2)c1. The third-order valence-electron chi connectivity index (χ3n) is 3.80. The number of rotatable bonds is 6. The minimum absolute atomic E-state index is 0.111. The molecule has 1 aliphatic rings. The lowest BCUT2D eigenvalue weighted by atomic mass is 9.89. The summed E-state index contributed by atoms with van der Waals surface area (Å²) >= 11 is 0. The van der Waals surface area contributed by atoms with Gasteiger partial charge in [0.15, 0.2) is 0 Å². The van der Waals surface area contributed by atoms with Crippen molar-refractivity contribution in [3.8, 4) is 5.75 Å². The van der Waals surface area contributed by atoms with Crippen LogP contribution in [-0.4, -0.2) is 24.3 Å². The Balaban J connectivity index is 2.10. The molecule has 1 aromatic carbocycles. The smallest absolute Gasteiger partial charge is 0.330 e. The first kappa shape index (κ1) is 16.9. The Morgan fingerprint density at radius 3 is 2.91 bits per heavy atom. The van der Waals surface area contributed by atoms with Gasteiger partial charge in [-0.3, -0.25) is 0 Å². The van der Waals surface area contributed by atoms with Crippen LogP contribution in [0.1, 0.15) is 30.4 Å². The number of hydrogen-bond donors (Lipinski definition) is 1. The third-order valence-corrected chi connectivity index (χ3v) is 3.80. The highest BCUT2D eigenvalue weighted by Gasteiger charge is 2.17. The second kappa shape index (κ2) is 7.68. The summed E-state index contributed by atoms with van der Waals surface area (Å²) in [5.41, 5.74) is 1.88. The molecule has 0 amide bonds. The molecule has 0 radical (unpaired) electrons. The van der Waals surface area contributed by atoms with Gasteiger partial charge in [0.25, 0.3) is 0 Å². The van der Waals surface area contributed by atoms with Crippen LogP contribution in [0.2, 0.25) is 0 Å². The van der Waals surface area contributed by atoms with E-state index in [-0.39, 0.29) is 17.8 Å². The highest BCUT2D eigenvalue weighted by atomic mass is 16.5. The van der Waals surface area contributed by atoms with Crippen molar-refractivity contribution in [2.75, 3.05) is 7.11 Å². The number of phenols is 1. The molecule has 0 saturated carbocycles. The van der Waals surface area contributed by atoms with E-state index in [1.165, 1.54) is 0 Å². The topological polar surface area (TPSA) is 55.8 Å². The summed E-state index contributed by atoms with van der Waals surface area (Å²) in [7, 11) is 1.64. The van der Waals surface area contributed by atoms with Crippen molar-refractivity contribution in [1.29, 1.82) is 0 Å². The van der Waals surface area contributed by atoms with Gasteiger partial charge in [0.2, 0.25) is 0 Å². The third kappa shape index (κ3) is 4.49. The Kier molecular flexibility index (Phi) is 5.63. The molecule has 0 aliphatic heterocycles. The normalized spacial score (nSPS) is 18.0. The molecule has 1 N–H and O–H groups in total. The number of hydrogen-bond acceptors (Lipinski definition) is 4. The maximum absolute atomic E-state index is 11.2. The van der Waals surface area contributed by atoms with Crippen LogP contribution in [0.3, 0.4) is 0 Å². The first-order chi connectivity index (χ1) is 11.0. The van der Waals surface area contributed by atoms with Crippen molar-refractivity contribution in [2.24, 2.45) is 0 Å². The monoisotopic (exact) mass is 314 g/mol. The van der Waals surface area contributed by atoms with Crippen LogP contribution < -0.4 is 0 Å². The van der Waals surface area contributed by atoms with Crippen LogP contribution in [0.15, 0.2) is 54.8 Å². The molecule has 0 aromatic heterocycles. The molecule has 4 heteroatoms. The quantitative estimate of drug-likeness (QED) is 0.643. The predicted octanol–water partition coefficient (Wildman–Crippen LogP) is 3.63.